The summed E-state index contributed by atoms with van der Waals surface area (Å²) in [5.74, 6) is 0. The normalized spacial score (nSPS) is 12.6. The molecule has 3 heteroatoms. The summed E-state index contributed by atoms with van der Waals surface area (Å²) < 4.78 is 6.36. The molecule has 0 fully saturated rings. The van der Waals surface area contributed by atoms with Crippen LogP contribution in [-0.4, -0.2) is 0 Å². The van der Waals surface area contributed by atoms with Crippen LogP contribution in [0.15, 0.2) is 71.8 Å². The Balaban J connectivity index is 2.00. The Hall–Kier alpha value is -1.42. The predicted octanol–water partition coefficient (Wildman–Crippen LogP) is 13.5. The van der Waals surface area contributed by atoms with Crippen molar-refractivity contribution in [3.63, 3.8) is 0 Å². The standard InChI is InChI=1S/C38H58OS2/c1-7-9-11-13-15-17-21-33-23-19-25-35(29-33)37(27-31(3)4)40-39-41-38(28-32(5)6)36-26-20-24-34(30-36)22-18-16-14-12-10-8-2/h19-20,23-30,37-38H,7-18,21-22H2,1-6H3. The van der Waals surface area contributed by atoms with Crippen LogP contribution in [0.5, 0.6) is 0 Å². The Morgan fingerprint density at radius 3 is 1.37 bits per heavy atom. The van der Waals surface area contributed by atoms with Gasteiger partial charge in [-0.1, -0.05) is 150 Å². The maximum Gasteiger partial charge on any atom is 0.0756 e. The summed E-state index contributed by atoms with van der Waals surface area (Å²) in [7, 11) is 0. The van der Waals surface area contributed by atoms with Gasteiger partial charge in [-0.3, -0.25) is 0 Å². The van der Waals surface area contributed by atoms with E-state index >= 15 is 0 Å². The molecule has 2 unspecified atom stereocenters. The zero-order valence-electron chi connectivity index (χ0n) is 27.1. The maximum absolute atomic E-state index is 6.36. The zero-order chi connectivity index (χ0) is 29.7. The van der Waals surface area contributed by atoms with Gasteiger partial charge in [-0.15, -0.1) is 0 Å². The molecule has 228 valence electrons. The third-order valence-electron chi connectivity index (χ3n) is 7.45. The second-order valence-electron chi connectivity index (χ2n) is 12.1. The molecule has 41 heavy (non-hydrogen) atoms. The van der Waals surface area contributed by atoms with E-state index in [1.807, 2.05) is 0 Å². The molecule has 0 heterocycles. The van der Waals surface area contributed by atoms with Crippen molar-refractivity contribution in [2.45, 2.75) is 142 Å². The number of hydrogen-bond donors (Lipinski definition) is 0. The fraction of sp³-hybridized carbons (Fsp3) is 0.579. The lowest BCUT2D eigenvalue weighted by Crippen LogP contribution is -1.97. The van der Waals surface area contributed by atoms with Gasteiger partial charge in [0.25, 0.3) is 0 Å². The molecule has 0 bridgehead atoms. The Bertz CT molecular complexity index is 935. The van der Waals surface area contributed by atoms with E-state index in [0.717, 1.165) is 0 Å². The van der Waals surface area contributed by atoms with Crippen molar-refractivity contribution >= 4 is 24.1 Å². The Morgan fingerprint density at radius 1 is 0.585 bits per heavy atom. The minimum Gasteiger partial charge on any atom is -0.245 e. The first-order valence-electron chi connectivity index (χ1n) is 16.4. The van der Waals surface area contributed by atoms with Crippen molar-refractivity contribution in [3.8, 4) is 0 Å². The molecule has 0 aromatic heterocycles. The van der Waals surface area contributed by atoms with Gasteiger partial charge < -0.3 is 0 Å². The number of rotatable bonds is 22. The van der Waals surface area contributed by atoms with Crippen LogP contribution in [-0.2, 0) is 16.5 Å². The van der Waals surface area contributed by atoms with Gasteiger partial charge in [0, 0.05) is 24.1 Å². The summed E-state index contributed by atoms with van der Waals surface area (Å²) in [6.45, 7) is 13.3. The summed E-state index contributed by atoms with van der Waals surface area (Å²) in [5, 5.41) is 0.367. The SMILES string of the molecule is CCCCCCCCc1cccc(C(C=C(C)C)SOSC(C=C(C)C)c2cccc(CCCCCCCC)c2)c1. The van der Waals surface area contributed by atoms with Crippen LogP contribution in [0.2, 0.25) is 0 Å². The largest absolute Gasteiger partial charge is 0.245 e. The lowest BCUT2D eigenvalue weighted by atomic mass is 10.0. The first-order chi connectivity index (χ1) is 19.9. The van der Waals surface area contributed by atoms with Crippen LogP contribution in [0.3, 0.4) is 0 Å². The van der Waals surface area contributed by atoms with Gasteiger partial charge in [0.2, 0.25) is 0 Å². The second kappa shape index (κ2) is 22.2. The first kappa shape index (κ1) is 35.8. The third kappa shape index (κ3) is 16.1. The van der Waals surface area contributed by atoms with E-state index in [0.29, 0.717) is 0 Å². The average molecular weight is 595 g/mol. The number of aryl methyl sites for hydroxylation is 2. The molecular formula is C38H58OS2. The molecule has 2 atom stereocenters. The van der Waals surface area contributed by atoms with Gasteiger partial charge in [-0.05, 0) is 75.6 Å². The highest BCUT2D eigenvalue weighted by Gasteiger charge is 2.16. The maximum atomic E-state index is 6.36. The molecule has 2 aromatic rings. The van der Waals surface area contributed by atoms with Gasteiger partial charge in [0.05, 0.1) is 10.5 Å². The van der Waals surface area contributed by atoms with E-state index in [1.54, 1.807) is 24.1 Å². The quantitative estimate of drug-likeness (QED) is 0.0762. The van der Waals surface area contributed by atoms with Crippen molar-refractivity contribution in [1.29, 1.82) is 0 Å². The van der Waals surface area contributed by atoms with Gasteiger partial charge >= 0.3 is 0 Å². The van der Waals surface area contributed by atoms with E-state index in [9.17, 15) is 0 Å². The van der Waals surface area contributed by atoms with E-state index in [2.05, 4.69) is 102 Å². The first-order valence-corrected chi connectivity index (χ1v) is 18.0. The van der Waals surface area contributed by atoms with E-state index in [1.165, 1.54) is 123 Å². The summed E-state index contributed by atoms with van der Waals surface area (Å²) in [4.78, 5) is 0. The van der Waals surface area contributed by atoms with Crippen LogP contribution in [0.1, 0.15) is 151 Å². The van der Waals surface area contributed by atoms with Crippen LogP contribution < -0.4 is 0 Å². The van der Waals surface area contributed by atoms with E-state index < -0.39 is 0 Å². The fourth-order valence-electron chi connectivity index (χ4n) is 5.14. The van der Waals surface area contributed by atoms with Crippen LogP contribution in [0.25, 0.3) is 0 Å². The monoisotopic (exact) mass is 594 g/mol. The lowest BCUT2D eigenvalue weighted by molar-refractivity contribution is 0.607. The third-order valence-corrected chi connectivity index (χ3v) is 9.31. The van der Waals surface area contributed by atoms with Crippen LogP contribution in [0, 0.1) is 0 Å². The predicted molar refractivity (Wildman–Crippen MR) is 188 cm³/mol. The molecule has 0 spiro atoms. The van der Waals surface area contributed by atoms with Crippen molar-refractivity contribution in [2.24, 2.45) is 0 Å². The Labute approximate surface area is 262 Å². The van der Waals surface area contributed by atoms with Crippen LogP contribution in [0.4, 0.5) is 0 Å². The van der Waals surface area contributed by atoms with Gasteiger partial charge in [-0.25, -0.2) is 3.63 Å². The lowest BCUT2D eigenvalue weighted by Gasteiger charge is -2.18. The highest BCUT2D eigenvalue weighted by atomic mass is 32.2. The number of benzene rings is 2. The highest BCUT2D eigenvalue weighted by molar-refractivity contribution is 8.08. The highest BCUT2D eigenvalue weighted by Crippen LogP contribution is 2.41. The van der Waals surface area contributed by atoms with Crippen molar-refractivity contribution < 1.29 is 3.63 Å². The molecule has 0 aliphatic heterocycles. The molecule has 2 aromatic carbocycles. The number of hydrogen-bond acceptors (Lipinski definition) is 3. The molecule has 2 rings (SSSR count). The van der Waals surface area contributed by atoms with Crippen molar-refractivity contribution in [3.05, 3.63) is 94.1 Å². The smallest absolute Gasteiger partial charge is 0.0756 e. The summed E-state index contributed by atoms with van der Waals surface area (Å²) in [6.07, 6.45) is 23.1. The average Bonchev–Trinajstić information content (AvgIpc) is 2.95. The Kier molecular flexibility index (Phi) is 19.3. The molecular weight excluding hydrogens is 537 g/mol. The molecule has 0 saturated carbocycles. The molecule has 0 saturated heterocycles. The summed E-state index contributed by atoms with van der Waals surface area (Å²) >= 11 is 3.17. The second-order valence-corrected chi connectivity index (χ2v) is 14.1. The molecule has 0 amide bonds. The van der Waals surface area contributed by atoms with Crippen molar-refractivity contribution in [1.82, 2.24) is 0 Å². The topological polar surface area (TPSA) is 9.23 Å². The molecule has 0 radical (unpaired) electrons. The molecule has 0 aliphatic carbocycles. The fourth-order valence-corrected chi connectivity index (χ4v) is 7.17. The van der Waals surface area contributed by atoms with E-state index in [-0.39, 0.29) is 10.5 Å². The minimum atomic E-state index is 0.184. The molecule has 0 N–H and O–H groups in total. The molecule has 1 nitrogen and oxygen atoms in total. The Morgan fingerprint density at radius 2 is 0.976 bits per heavy atom. The van der Waals surface area contributed by atoms with Gasteiger partial charge in [0.1, 0.15) is 0 Å². The number of unbranched alkanes of at least 4 members (excludes halogenated alkanes) is 10. The van der Waals surface area contributed by atoms with Gasteiger partial charge in [-0.2, -0.15) is 0 Å². The minimum absolute atomic E-state index is 0.184. The molecule has 0 aliphatic rings. The van der Waals surface area contributed by atoms with Crippen LogP contribution >= 0.6 is 24.1 Å². The number of allylic oxidation sites excluding steroid dienone is 2. The van der Waals surface area contributed by atoms with E-state index in [4.69, 9.17) is 3.63 Å². The summed E-state index contributed by atoms with van der Waals surface area (Å²) in [5.41, 5.74) is 8.20. The summed E-state index contributed by atoms with van der Waals surface area (Å²) in [6, 6.07) is 18.3. The van der Waals surface area contributed by atoms with Crippen molar-refractivity contribution in [2.75, 3.05) is 0 Å². The van der Waals surface area contributed by atoms with Gasteiger partial charge in [0.15, 0.2) is 0 Å². The zero-order valence-corrected chi connectivity index (χ0v) is 28.7.